The van der Waals surface area contributed by atoms with Gasteiger partial charge in [0.05, 0.1) is 7.11 Å². The number of aromatic nitrogens is 3. The second-order valence-corrected chi connectivity index (χ2v) is 7.37. The summed E-state index contributed by atoms with van der Waals surface area (Å²) in [6.45, 7) is 2.13. The highest BCUT2D eigenvalue weighted by Crippen LogP contribution is 2.33. The first-order valence-electron chi connectivity index (χ1n) is 8.33. The molecular weight excluding hydrogens is 346 g/mol. The minimum atomic E-state index is 0.0784. The van der Waals surface area contributed by atoms with E-state index < -0.39 is 0 Å². The number of thioether (sulfide) groups is 1. The summed E-state index contributed by atoms with van der Waals surface area (Å²) in [5.74, 6) is 0.771. The molecule has 1 unspecified atom stereocenters. The van der Waals surface area contributed by atoms with Gasteiger partial charge < -0.3 is 9.30 Å². The number of aryl methyl sites for hydroxylation is 1. The van der Waals surface area contributed by atoms with Crippen LogP contribution in [0.4, 0.5) is 0 Å². The summed E-state index contributed by atoms with van der Waals surface area (Å²) in [4.78, 5) is 12.6. The van der Waals surface area contributed by atoms with Crippen LogP contribution in [-0.2, 0) is 13.5 Å². The van der Waals surface area contributed by atoms with Gasteiger partial charge in [0, 0.05) is 24.3 Å². The minimum Gasteiger partial charge on any atom is -0.497 e. The molecule has 0 bridgehead atoms. The zero-order chi connectivity index (χ0) is 18.5. The first-order chi connectivity index (χ1) is 12.6. The molecular formula is C20H21N3O2S. The van der Waals surface area contributed by atoms with Crippen LogP contribution in [0.15, 0.2) is 60.0 Å². The van der Waals surface area contributed by atoms with E-state index in [0.29, 0.717) is 17.7 Å². The van der Waals surface area contributed by atoms with Crippen LogP contribution in [-0.4, -0.2) is 27.7 Å². The number of benzene rings is 2. The van der Waals surface area contributed by atoms with Crippen LogP contribution in [0, 0.1) is 0 Å². The summed E-state index contributed by atoms with van der Waals surface area (Å²) in [7, 11) is 3.53. The number of hydrogen-bond donors (Lipinski definition) is 0. The summed E-state index contributed by atoms with van der Waals surface area (Å²) in [5, 5.41) is 9.11. The average Bonchev–Trinajstić information content (AvgIpc) is 3.06. The predicted octanol–water partition coefficient (Wildman–Crippen LogP) is 4.10. The Balaban J connectivity index is 1.72. The van der Waals surface area contributed by atoms with Gasteiger partial charge in [0.2, 0.25) is 0 Å². The lowest BCUT2D eigenvalue weighted by molar-refractivity contribution is 0.0992. The third-order valence-corrected chi connectivity index (χ3v) is 5.34. The van der Waals surface area contributed by atoms with Crippen molar-refractivity contribution in [3.05, 3.63) is 71.5 Å². The summed E-state index contributed by atoms with van der Waals surface area (Å²) in [5.41, 5.74) is 2.82. The number of Topliss-reactive ketones (excluding diaryl/α,β-unsaturated/α-hetero) is 1. The second-order valence-electron chi connectivity index (χ2n) is 6.06. The van der Waals surface area contributed by atoms with Gasteiger partial charge in [-0.1, -0.05) is 48.2 Å². The van der Waals surface area contributed by atoms with E-state index in [0.717, 1.165) is 16.3 Å². The molecule has 6 heteroatoms. The summed E-state index contributed by atoms with van der Waals surface area (Å²) >= 11 is 1.65. The van der Waals surface area contributed by atoms with Crippen LogP contribution < -0.4 is 4.74 Å². The highest BCUT2D eigenvalue weighted by atomic mass is 32.2. The standard InChI is InChI=1S/C20H21N3O2S/c1-14(26-20-22-21-13-23(20)2)16-7-4-6-15(10-16)11-19(24)17-8-5-9-18(12-17)25-3/h4-10,12-14H,11H2,1-3H3. The number of ketones is 1. The van der Waals surface area contributed by atoms with Crippen molar-refractivity contribution in [2.45, 2.75) is 23.8 Å². The maximum absolute atomic E-state index is 12.6. The number of carbonyl (C=O) groups is 1. The molecule has 0 aliphatic carbocycles. The van der Waals surface area contributed by atoms with Crippen LogP contribution in [0.1, 0.15) is 33.7 Å². The fourth-order valence-electron chi connectivity index (χ4n) is 2.65. The van der Waals surface area contributed by atoms with Crippen LogP contribution >= 0.6 is 11.8 Å². The quantitative estimate of drug-likeness (QED) is 0.465. The van der Waals surface area contributed by atoms with E-state index in [1.54, 1.807) is 31.3 Å². The smallest absolute Gasteiger partial charge is 0.191 e. The van der Waals surface area contributed by atoms with Crippen molar-refractivity contribution < 1.29 is 9.53 Å². The summed E-state index contributed by atoms with van der Waals surface area (Å²) in [6.07, 6.45) is 2.06. The number of carbonyl (C=O) groups excluding carboxylic acids is 1. The minimum absolute atomic E-state index is 0.0784. The Labute approximate surface area is 157 Å². The molecule has 5 nitrogen and oxygen atoms in total. The molecule has 26 heavy (non-hydrogen) atoms. The van der Waals surface area contributed by atoms with Crippen LogP contribution in [0.2, 0.25) is 0 Å². The fourth-order valence-corrected chi connectivity index (χ4v) is 3.55. The maximum atomic E-state index is 12.6. The first-order valence-corrected chi connectivity index (χ1v) is 9.21. The number of nitrogens with zero attached hydrogens (tertiary/aromatic N) is 3. The van der Waals surface area contributed by atoms with Gasteiger partial charge in [-0.05, 0) is 30.2 Å². The van der Waals surface area contributed by atoms with E-state index in [1.807, 2.05) is 41.9 Å². The van der Waals surface area contributed by atoms with Crippen LogP contribution in [0.5, 0.6) is 5.75 Å². The van der Waals surface area contributed by atoms with Crippen LogP contribution in [0.25, 0.3) is 0 Å². The molecule has 0 amide bonds. The second kappa shape index (κ2) is 8.19. The Morgan fingerprint density at radius 3 is 2.77 bits per heavy atom. The third-order valence-electron chi connectivity index (χ3n) is 4.13. The van der Waals surface area contributed by atoms with Crippen molar-refractivity contribution in [2.75, 3.05) is 7.11 Å². The molecule has 0 aliphatic rings. The highest BCUT2D eigenvalue weighted by molar-refractivity contribution is 7.99. The third kappa shape index (κ3) is 4.32. The number of ether oxygens (including phenoxy) is 1. The van der Waals surface area contributed by atoms with E-state index >= 15 is 0 Å². The largest absolute Gasteiger partial charge is 0.497 e. The van der Waals surface area contributed by atoms with E-state index in [4.69, 9.17) is 4.74 Å². The van der Waals surface area contributed by atoms with Crippen molar-refractivity contribution >= 4 is 17.5 Å². The predicted molar refractivity (Wildman–Crippen MR) is 103 cm³/mol. The van der Waals surface area contributed by atoms with Gasteiger partial charge >= 0.3 is 0 Å². The lowest BCUT2D eigenvalue weighted by Crippen LogP contribution is -2.04. The molecule has 1 heterocycles. The zero-order valence-electron chi connectivity index (χ0n) is 15.0. The zero-order valence-corrected chi connectivity index (χ0v) is 15.9. The highest BCUT2D eigenvalue weighted by Gasteiger charge is 2.13. The molecule has 3 rings (SSSR count). The lowest BCUT2D eigenvalue weighted by Gasteiger charge is -2.12. The molecule has 0 saturated heterocycles. The molecule has 3 aromatic rings. The Morgan fingerprint density at radius 1 is 1.23 bits per heavy atom. The van der Waals surface area contributed by atoms with Crippen molar-refractivity contribution in [3.8, 4) is 5.75 Å². The van der Waals surface area contributed by atoms with E-state index in [1.165, 1.54) is 0 Å². The molecule has 0 fully saturated rings. The summed E-state index contributed by atoms with van der Waals surface area (Å²) in [6, 6.07) is 15.4. The number of rotatable bonds is 7. The Morgan fingerprint density at radius 2 is 2.04 bits per heavy atom. The Hall–Kier alpha value is -2.60. The van der Waals surface area contributed by atoms with Gasteiger partial charge in [-0.25, -0.2) is 0 Å². The molecule has 0 spiro atoms. The van der Waals surface area contributed by atoms with Crippen molar-refractivity contribution in [2.24, 2.45) is 7.05 Å². The molecule has 1 aromatic heterocycles. The van der Waals surface area contributed by atoms with Gasteiger partial charge in [-0.3, -0.25) is 4.79 Å². The normalized spacial score (nSPS) is 12.0. The van der Waals surface area contributed by atoms with Crippen molar-refractivity contribution in [1.29, 1.82) is 0 Å². The van der Waals surface area contributed by atoms with E-state index in [2.05, 4.69) is 29.3 Å². The Kier molecular flexibility index (Phi) is 5.73. The molecule has 0 radical (unpaired) electrons. The maximum Gasteiger partial charge on any atom is 0.191 e. The van der Waals surface area contributed by atoms with Gasteiger partial charge in [0.15, 0.2) is 10.9 Å². The van der Waals surface area contributed by atoms with Gasteiger partial charge in [-0.15, -0.1) is 10.2 Å². The topological polar surface area (TPSA) is 57.0 Å². The first kappa shape index (κ1) is 18.2. The molecule has 0 aliphatic heterocycles. The fraction of sp³-hybridized carbons (Fsp3) is 0.250. The molecule has 0 saturated carbocycles. The van der Waals surface area contributed by atoms with Crippen molar-refractivity contribution in [1.82, 2.24) is 14.8 Å². The molecule has 0 N–H and O–H groups in total. The molecule has 2 aromatic carbocycles. The number of hydrogen-bond acceptors (Lipinski definition) is 5. The molecule has 134 valence electrons. The SMILES string of the molecule is COc1cccc(C(=O)Cc2cccc(C(C)Sc3nncn3C)c2)c1. The van der Waals surface area contributed by atoms with Crippen LogP contribution in [0.3, 0.4) is 0 Å². The summed E-state index contributed by atoms with van der Waals surface area (Å²) < 4.78 is 7.10. The van der Waals surface area contributed by atoms with Gasteiger partial charge in [0.1, 0.15) is 12.1 Å². The molecule has 1 atom stereocenters. The Bertz CT molecular complexity index is 907. The lowest BCUT2D eigenvalue weighted by atomic mass is 10.0. The van der Waals surface area contributed by atoms with E-state index in [-0.39, 0.29) is 11.0 Å². The van der Waals surface area contributed by atoms with Gasteiger partial charge in [0.25, 0.3) is 0 Å². The monoisotopic (exact) mass is 367 g/mol. The number of methoxy groups -OCH3 is 1. The van der Waals surface area contributed by atoms with Gasteiger partial charge in [-0.2, -0.15) is 0 Å². The van der Waals surface area contributed by atoms with Crippen molar-refractivity contribution in [3.63, 3.8) is 0 Å². The van der Waals surface area contributed by atoms with E-state index in [9.17, 15) is 4.79 Å². The average molecular weight is 367 g/mol.